The molecule has 7 nitrogen and oxygen atoms in total. The van der Waals surface area contributed by atoms with Crippen molar-refractivity contribution in [1.82, 2.24) is 4.90 Å². The molecule has 2 aromatic rings. The fraction of sp³-hybridized carbons (Fsp3) is 0.458. The maximum absolute atomic E-state index is 12.7. The molecule has 0 spiro atoms. The molecule has 2 aliphatic heterocycles. The lowest BCUT2D eigenvalue weighted by Crippen LogP contribution is -3.28. The zero-order chi connectivity index (χ0) is 21.6. The van der Waals surface area contributed by atoms with E-state index in [1.54, 1.807) is 4.90 Å². The third kappa shape index (κ3) is 5.68. The monoisotopic (exact) mass is 427 g/mol. The van der Waals surface area contributed by atoms with Crippen LogP contribution in [0.4, 0.5) is 0 Å². The number of rotatable bonds is 8. The number of benzene rings is 2. The molecule has 166 valence electrons. The van der Waals surface area contributed by atoms with E-state index < -0.39 is 0 Å². The molecule has 0 atom stereocenters. The smallest absolute Gasteiger partial charge is 0.277 e. The van der Waals surface area contributed by atoms with Gasteiger partial charge in [0.05, 0.1) is 6.61 Å². The normalized spacial score (nSPS) is 19.8. The highest BCUT2D eigenvalue weighted by Crippen LogP contribution is 2.32. The Labute approximate surface area is 184 Å². The van der Waals surface area contributed by atoms with Gasteiger partial charge in [-0.2, -0.15) is 0 Å². The van der Waals surface area contributed by atoms with Crippen molar-refractivity contribution < 1.29 is 28.8 Å². The zero-order valence-corrected chi connectivity index (χ0v) is 18.5. The Balaban J connectivity index is 1.20. The fourth-order valence-corrected chi connectivity index (χ4v) is 4.22. The van der Waals surface area contributed by atoms with Gasteiger partial charge in [-0.15, -0.1) is 0 Å². The topological polar surface area (TPSA) is 56.9 Å². The third-order valence-corrected chi connectivity index (χ3v) is 6.04. The molecule has 0 unspecified atom stereocenters. The quantitative estimate of drug-likeness (QED) is 0.611. The van der Waals surface area contributed by atoms with Crippen molar-refractivity contribution in [2.24, 2.45) is 0 Å². The molecule has 31 heavy (non-hydrogen) atoms. The van der Waals surface area contributed by atoms with Crippen molar-refractivity contribution in [2.45, 2.75) is 20.0 Å². The molecular formula is C24H33N3O4+2. The van der Waals surface area contributed by atoms with Crippen molar-refractivity contribution >= 4 is 5.91 Å². The predicted molar refractivity (Wildman–Crippen MR) is 117 cm³/mol. The van der Waals surface area contributed by atoms with Crippen molar-refractivity contribution in [3.05, 3.63) is 53.6 Å². The third-order valence-electron chi connectivity index (χ3n) is 6.04. The molecule has 2 heterocycles. The number of nitrogens with one attached hydrogen (secondary N) is 2. The minimum atomic E-state index is 0.197. The Morgan fingerprint density at radius 1 is 0.968 bits per heavy atom. The minimum absolute atomic E-state index is 0.197. The van der Waals surface area contributed by atoms with Crippen molar-refractivity contribution in [1.29, 1.82) is 0 Å². The lowest BCUT2D eigenvalue weighted by molar-refractivity contribution is -1.02. The molecule has 7 heteroatoms. The molecule has 1 saturated heterocycles. The highest BCUT2D eigenvalue weighted by Gasteiger charge is 2.26. The van der Waals surface area contributed by atoms with E-state index in [4.69, 9.17) is 14.2 Å². The molecule has 1 fully saturated rings. The van der Waals surface area contributed by atoms with Crippen molar-refractivity contribution in [2.75, 3.05) is 53.2 Å². The summed E-state index contributed by atoms with van der Waals surface area (Å²) in [5.74, 6) is 2.75. The van der Waals surface area contributed by atoms with Gasteiger partial charge in [0.2, 0.25) is 6.79 Å². The second kappa shape index (κ2) is 10.0. The van der Waals surface area contributed by atoms with Crippen LogP contribution in [-0.2, 0) is 17.9 Å². The van der Waals surface area contributed by atoms with Crippen LogP contribution < -0.4 is 24.0 Å². The van der Waals surface area contributed by atoms with Gasteiger partial charge in [-0.3, -0.25) is 4.79 Å². The lowest BCUT2D eigenvalue weighted by atomic mass is 10.1. The SMILES string of the molecule is CCOc1ccc(CN(C)C(=O)C[NH+]2CC[NH+](Cc3ccc4c(c3)OCO4)CC2)cc1. The molecule has 0 aliphatic carbocycles. The summed E-state index contributed by atoms with van der Waals surface area (Å²) >= 11 is 0. The molecule has 0 aromatic heterocycles. The first-order chi connectivity index (χ1) is 15.1. The molecule has 1 amide bonds. The maximum Gasteiger partial charge on any atom is 0.277 e. The summed E-state index contributed by atoms with van der Waals surface area (Å²) in [5.41, 5.74) is 2.39. The van der Waals surface area contributed by atoms with E-state index in [0.717, 1.165) is 55.5 Å². The van der Waals surface area contributed by atoms with E-state index in [1.807, 2.05) is 49.2 Å². The highest BCUT2D eigenvalue weighted by molar-refractivity contribution is 5.76. The fourth-order valence-electron chi connectivity index (χ4n) is 4.22. The number of piperazine rings is 1. The van der Waals surface area contributed by atoms with Gasteiger partial charge < -0.3 is 28.9 Å². The van der Waals surface area contributed by atoms with Crippen LogP contribution in [0.25, 0.3) is 0 Å². The molecule has 0 saturated carbocycles. The van der Waals surface area contributed by atoms with Crippen LogP contribution in [0.2, 0.25) is 0 Å². The number of carbonyl (C=O) groups is 1. The second-order valence-corrected chi connectivity index (χ2v) is 8.37. The zero-order valence-electron chi connectivity index (χ0n) is 18.5. The number of amides is 1. The van der Waals surface area contributed by atoms with Gasteiger partial charge in [0.25, 0.3) is 5.91 Å². The number of ether oxygens (including phenoxy) is 3. The average molecular weight is 428 g/mol. The van der Waals surface area contributed by atoms with Crippen molar-refractivity contribution in [3.63, 3.8) is 0 Å². The van der Waals surface area contributed by atoms with Crippen LogP contribution in [0.3, 0.4) is 0 Å². The van der Waals surface area contributed by atoms with Crippen molar-refractivity contribution in [3.8, 4) is 17.2 Å². The number of likely N-dealkylation sites (N-methyl/N-ethyl adjacent to an activating group) is 1. The number of hydrogen-bond donors (Lipinski definition) is 2. The van der Waals surface area contributed by atoms with Crippen LogP contribution in [-0.4, -0.2) is 64.0 Å². The van der Waals surface area contributed by atoms with Crippen LogP contribution in [0.5, 0.6) is 17.2 Å². The predicted octanol–water partition coefficient (Wildman–Crippen LogP) is -0.244. The Morgan fingerprint density at radius 3 is 2.39 bits per heavy atom. The standard InChI is InChI=1S/C24H31N3O4/c1-3-29-21-7-4-19(5-8-21)15-25(2)24(28)17-27-12-10-26(11-13-27)16-20-6-9-22-23(14-20)31-18-30-22/h4-9,14H,3,10-13,15-18H2,1-2H3/p+2. The van der Waals surface area contributed by atoms with E-state index in [9.17, 15) is 4.79 Å². The van der Waals surface area contributed by atoms with Gasteiger partial charge in [0.15, 0.2) is 18.0 Å². The minimum Gasteiger partial charge on any atom is -0.494 e. The maximum atomic E-state index is 12.7. The first kappa shape index (κ1) is 21.5. The Morgan fingerprint density at radius 2 is 1.65 bits per heavy atom. The number of hydrogen-bond acceptors (Lipinski definition) is 4. The summed E-state index contributed by atoms with van der Waals surface area (Å²) in [4.78, 5) is 17.5. The lowest BCUT2D eigenvalue weighted by Gasteiger charge is -2.30. The van der Waals surface area contributed by atoms with E-state index in [2.05, 4.69) is 12.1 Å². The van der Waals surface area contributed by atoms with Crippen LogP contribution in [0.1, 0.15) is 18.1 Å². The summed E-state index contributed by atoms with van der Waals surface area (Å²) in [7, 11) is 1.89. The Kier molecular flexibility index (Phi) is 6.94. The van der Waals surface area contributed by atoms with E-state index in [-0.39, 0.29) is 5.91 Å². The first-order valence-electron chi connectivity index (χ1n) is 11.1. The molecule has 0 radical (unpaired) electrons. The van der Waals surface area contributed by atoms with E-state index in [0.29, 0.717) is 26.5 Å². The molecule has 0 bridgehead atoms. The molecular weight excluding hydrogens is 394 g/mol. The summed E-state index contributed by atoms with van der Waals surface area (Å²) in [6.07, 6.45) is 0. The van der Waals surface area contributed by atoms with Crippen LogP contribution in [0.15, 0.2) is 42.5 Å². The number of fused-ring (bicyclic) bond motifs is 1. The van der Waals surface area contributed by atoms with Gasteiger partial charge in [0, 0.05) is 19.2 Å². The largest absolute Gasteiger partial charge is 0.494 e. The molecule has 4 rings (SSSR count). The molecule has 2 N–H and O–H groups in total. The van der Waals surface area contributed by atoms with Gasteiger partial charge in [-0.1, -0.05) is 12.1 Å². The van der Waals surface area contributed by atoms with Gasteiger partial charge >= 0.3 is 0 Å². The van der Waals surface area contributed by atoms with Crippen LogP contribution in [0, 0.1) is 0 Å². The number of carbonyl (C=O) groups excluding carboxylic acids is 1. The summed E-state index contributed by atoms with van der Waals surface area (Å²) in [6.45, 7) is 9.28. The molecule has 2 aromatic carbocycles. The average Bonchev–Trinajstić information content (AvgIpc) is 3.24. The van der Waals surface area contributed by atoms with Gasteiger partial charge in [-0.25, -0.2) is 0 Å². The first-order valence-corrected chi connectivity index (χ1v) is 11.1. The summed E-state index contributed by atoms with van der Waals surface area (Å²) in [5, 5.41) is 0. The van der Waals surface area contributed by atoms with E-state index >= 15 is 0 Å². The summed E-state index contributed by atoms with van der Waals surface area (Å²) in [6, 6.07) is 14.2. The molecule has 2 aliphatic rings. The van der Waals surface area contributed by atoms with Gasteiger partial charge in [-0.05, 0) is 42.8 Å². The Bertz CT molecular complexity index is 879. The Hall–Kier alpha value is -2.77. The second-order valence-electron chi connectivity index (χ2n) is 8.37. The highest BCUT2D eigenvalue weighted by atomic mass is 16.7. The van der Waals surface area contributed by atoms with E-state index in [1.165, 1.54) is 10.5 Å². The van der Waals surface area contributed by atoms with Gasteiger partial charge in [0.1, 0.15) is 38.5 Å². The van der Waals surface area contributed by atoms with Crippen LogP contribution >= 0.6 is 0 Å². The number of quaternary nitrogens is 2. The summed E-state index contributed by atoms with van der Waals surface area (Å²) < 4.78 is 16.4. The number of nitrogens with zero attached hydrogens (tertiary/aromatic N) is 1.